The Morgan fingerprint density at radius 1 is 1.42 bits per heavy atom. The van der Waals surface area contributed by atoms with Gasteiger partial charge in [0.2, 0.25) is 5.91 Å². The maximum atomic E-state index is 12.1. The molecule has 6 nitrogen and oxygen atoms in total. The minimum atomic E-state index is -3.10. The summed E-state index contributed by atoms with van der Waals surface area (Å²) in [5.74, 6) is -0.355. The predicted molar refractivity (Wildman–Crippen MR) is 95.6 cm³/mol. The number of carbonyl (C=O) groups is 1. The van der Waals surface area contributed by atoms with Crippen molar-refractivity contribution in [2.75, 3.05) is 25.1 Å². The standard InChI is InChI=1S/C16H24ClN3O3S/c1-24(22,23)9-7-15(18)16(21)19-14-6-8-20(11-14)10-12-2-4-13(17)5-3-12/h2-5,14-15H,6-11,18H2,1H3,(H,19,21)/t14-,15+/m1/s1. The van der Waals surface area contributed by atoms with Crippen LogP contribution in [0.2, 0.25) is 5.02 Å². The highest BCUT2D eigenvalue weighted by Gasteiger charge is 2.26. The maximum Gasteiger partial charge on any atom is 0.237 e. The number of sulfone groups is 1. The number of likely N-dealkylation sites (tertiary alicyclic amines) is 1. The molecule has 8 heteroatoms. The van der Waals surface area contributed by atoms with Gasteiger partial charge in [-0.2, -0.15) is 0 Å². The van der Waals surface area contributed by atoms with E-state index in [2.05, 4.69) is 10.2 Å². The largest absolute Gasteiger partial charge is 0.351 e. The normalized spacial score (nSPS) is 20.0. The van der Waals surface area contributed by atoms with E-state index >= 15 is 0 Å². The molecule has 1 aliphatic heterocycles. The molecule has 0 unspecified atom stereocenters. The third kappa shape index (κ3) is 6.39. The molecule has 1 aliphatic rings. The van der Waals surface area contributed by atoms with Crippen molar-refractivity contribution in [3.05, 3.63) is 34.9 Å². The minimum absolute atomic E-state index is 0.0501. The van der Waals surface area contributed by atoms with Crippen molar-refractivity contribution in [1.82, 2.24) is 10.2 Å². The molecule has 0 saturated carbocycles. The summed E-state index contributed by atoms with van der Waals surface area (Å²) in [4.78, 5) is 14.3. The van der Waals surface area contributed by atoms with Crippen LogP contribution in [0.15, 0.2) is 24.3 Å². The van der Waals surface area contributed by atoms with Crippen LogP contribution in [0.5, 0.6) is 0 Å². The Morgan fingerprint density at radius 2 is 2.08 bits per heavy atom. The number of hydrogen-bond acceptors (Lipinski definition) is 5. The van der Waals surface area contributed by atoms with Crippen LogP contribution in [0.4, 0.5) is 0 Å². The molecular formula is C16H24ClN3O3S. The quantitative estimate of drug-likeness (QED) is 0.737. The molecule has 0 radical (unpaired) electrons. The van der Waals surface area contributed by atoms with Crippen molar-refractivity contribution in [2.24, 2.45) is 5.73 Å². The smallest absolute Gasteiger partial charge is 0.237 e. The highest BCUT2D eigenvalue weighted by atomic mass is 35.5. The Bertz CT molecular complexity index is 664. The summed E-state index contributed by atoms with van der Waals surface area (Å²) in [5.41, 5.74) is 6.95. The Labute approximate surface area is 148 Å². The fourth-order valence-electron chi connectivity index (χ4n) is 2.72. The van der Waals surface area contributed by atoms with Crippen LogP contribution in [-0.2, 0) is 21.2 Å². The summed E-state index contributed by atoms with van der Waals surface area (Å²) in [7, 11) is -3.10. The van der Waals surface area contributed by atoms with E-state index in [0.717, 1.165) is 32.3 Å². The molecule has 0 spiro atoms. The summed E-state index contributed by atoms with van der Waals surface area (Å²) in [5, 5.41) is 3.63. The van der Waals surface area contributed by atoms with E-state index in [-0.39, 0.29) is 24.1 Å². The number of nitrogens with two attached hydrogens (primary N) is 1. The van der Waals surface area contributed by atoms with Gasteiger partial charge < -0.3 is 11.1 Å². The average molecular weight is 374 g/mol. The molecule has 2 rings (SSSR count). The van der Waals surface area contributed by atoms with Crippen molar-refractivity contribution >= 4 is 27.3 Å². The lowest BCUT2D eigenvalue weighted by atomic mass is 10.2. The van der Waals surface area contributed by atoms with E-state index < -0.39 is 15.9 Å². The lowest BCUT2D eigenvalue weighted by Crippen LogP contribution is -2.46. The fourth-order valence-corrected chi connectivity index (χ4v) is 3.53. The van der Waals surface area contributed by atoms with Crippen LogP contribution in [0, 0.1) is 0 Å². The second kappa shape index (κ2) is 8.29. The van der Waals surface area contributed by atoms with E-state index in [0.29, 0.717) is 5.02 Å². The van der Waals surface area contributed by atoms with Gasteiger partial charge in [-0.15, -0.1) is 0 Å². The van der Waals surface area contributed by atoms with Gasteiger partial charge in [0.1, 0.15) is 9.84 Å². The predicted octanol–water partition coefficient (Wildman–Crippen LogP) is 0.793. The second-order valence-electron chi connectivity index (χ2n) is 6.38. The maximum absolute atomic E-state index is 12.1. The fraction of sp³-hybridized carbons (Fsp3) is 0.562. The van der Waals surface area contributed by atoms with Crippen molar-refractivity contribution in [3.8, 4) is 0 Å². The van der Waals surface area contributed by atoms with Crippen molar-refractivity contribution < 1.29 is 13.2 Å². The van der Waals surface area contributed by atoms with Gasteiger partial charge >= 0.3 is 0 Å². The molecule has 1 amide bonds. The highest BCUT2D eigenvalue weighted by Crippen LogP contribution is 2.16. The number of halogens is 1. The number of hydrogen-bond donors (Lipinski definition) is 2. The van der Waals surface area contributed by atoms with Crippen LogP contribution < -0.4 is 11.1 Å². The molecule has 0 bridgehead atoms. The van der Waals surface area contributed by atoms with Gasteiger partial charge in [-0.1, -0.05) is 23.7 Å². The molecule has 0 aliphatic carbocycles. The zero-order chi connectivity index (χ0) is 17.7. The number of rotatable bonds is 7. The molecule has 1 aromatic rings. The van der Waals surface area contributed by atoms with Crippen LogP contribution in [-0.4, -0.2) is 56.4 Å². The number of nitrogens with zero attached hydrogens (tertiary/aromatic N) is 1. The first-order valence-corrected chi connectivity index (χ1v) is 10.4. The SMILES string of the molecule is CS(=O)(=O)CC[C@H](N)C(=O)N[C@@H]1CCN(Cc2ccc(Cl)cc2)C1. The Hall–Kier alpha value is -1.15. The van der Waals surface area contributed by atoms with Gasteiger partial charge in [-0.3, -0.25) is 9.69 Å². The molecule has 1 fully saturated rings. The summed E-state index contributed by atoms with van der Waals surface area (Å²) in [6.07, 6.45) is 2.15. The monoisotopic (exact) mass is 373 g/mol. The lowest BCUT2D eigenvalue weighted by Gasteiger charge is -2.18. The number of amides is 1. The molecule has 134 valence electrons. The summed E-state index contributed by atoms with van der Waals surface area (Å²) in [6.45, 7) is 2.46. The summed E-state index contributed by atoms with van der Waals surface area (Å²) in [6, 6.07) is 6.99. The lowest BCUT2D eigenvalue weighted by molar-refractivity contribution is -0.123. The third-order valence-electron chi connectivity index (χ3n) is 4.07. The minimum Gasteiger partial charge on any atom is -0.351 e. The van der Waals surface area contributed by atoms with Gasteiger partial charge in [0.15, 0.2) is 0 Å². The summed E-state index contributed by atoms with van der Waals surface area (Å²) < 4.78 is 22.3. The van der Waals surface area contributed by atoms with E-state index in [1.807, 2.05) is 24.3 Å². The first kappa shape index (κ1) is 19.2. The highest BCUT2D eigenvalue weighted by molar-refractivity contribution is 7.90. The third-order valence-corrected chi connectivity index (χ3v) is 5.30. The zero-order valence-electron chi connectivity index (χ0n) is 13.7. The van der Waals surface area contributed by atoms with E-state index in [1.54, 1.807) is 0 Å². The van der Waals surface area contributed by atoms with Crippen LogP contribution in [0.1, 0.15) is 18.4 Å². The molecule has 24 heavy (non-hydrogen) atoms. The molecule has 1 heterocycles. The van der Waals surface area contributed by atoms with Gasteiger partial charge in [-0.05, 0) is 30.5 Å². The average Bonchev–Trinajstić information content (AvgIpc) is 2.93. The molecule has 1 saturated heterocycles. The van der Waals surface area contributed by atoms with E-state index in [1.165, 1.54) is 5.56 Å². The van der Waals surface area contributed by atoms with Crippen LogP contribution in [0.25, 0.3) is 0 Å². The molecular weight excluding hydrogens is 350 g/mol. The summed E-state index contributed by atoms with van der Waals surface area (Å²) >= 11 is 5.88. The first-order chi connectivity index (χ1) is 11.2. The van der Waals surface area contributed by atoms with Gasteiger partial charge in [0.05, 0.1) is 11.8 Å². The topological polar surface area (TPSA) is 92.5 Å². The molecule has 1 aromatic carbocycles. The Kier molecular flexibility index (Phi) is 6.62. The zero-order valence-corrected chi connectivity index (χ0v) is 15.3. The number of nitrogens with one attached hydrogen (secondary N) is 1. The van der Waals surface area contributed by atoms with Gasteiger partial charge in [0, 0.05) is 37.0 Å². The molecule has 2 atom stereocenters. The second-order valence-corrected chi connectivity index (χ2v) is 9.08. The first-order valence-electron chi connectivity index (χ1n) is 7.93. The van der Waals surface area contributed by atoms with E-state index in [9.17, 15) is 13.2 Å². The molecule has 0 aromatic heterocycles. The molecule has 3 N–H and O–H groups in total. The van der Waals surface area contributed by atoms with Crippen molar-refractivity contribution in [1.29, 1.82) is 0 Å². The van der Waals surface area contributed by atoms with Crippen LogP contribution >= 0.6 is 11.6 Å². The number of carbonyl (C=O) groups excluding carboxylic acids is 1. The van der Waals surface area contributed by atoms with E-state index in [4.69, 9.17) is 17.3 Å². The van der Waals surface area contributed by atoms with Crippen LogP contribution in [0.3, 0.4) is 0 Å². The van der Waals surface area contributed by atoms with Gasteiger partial charge in [0.25, 0.3) is 0 Å². The number of benzene rings is 1. The Morgan fingerprint density at radius 3 is 2.71 bits per heavy atom. The van der Waals surface area contributed by atoms with Crippen molar-refractivity contribution in [2.45, 2.75) is 31.5 Å². The van der Waals surface area contributed by atoms with Gasteiger partial charge in [-0.25, -0.2) is 8.42 Å². The van der Waals surface area contributed by atoms with Crippen molar-refractivity contribution in [3.63, 3.8) is 0 Å². The Balaban J connectivity index is 1.76.